The largest absolute Gasteiger partial charge is 0.577 e. The first-order valence-electron chi connectivity index (χ1n) is 14.5. The zero-order valence-corrected chi connectivity index (χ0v) is 29.0. The van der Waals surface area contributed by atoms with Gasteiger partial charge in [0, 0.05) is 61.8 Å². The molecule has 0 aromatic carbocycles. The molecule has 0 amide bonds. The molecule has 1 aromatic heterocycles. The summed E-state index contributed by atoms with van der Waals surface area (Å²) in [6.07, 6.45) is -0.743. The van der Waals surface area contributed by atoms with Crippen LogP contribution in [0.5, 0.6) is 0 Å². The molecule has 0 aliphatic carbocycles. The fraction of sp³-hybridized carbons (Fsp3) is 0.885. The van der Waals surface area contributed by atoms with Crippen molar-refractivity contribution in [3.8, 4) is 0 Å². The third kappa shape index (κ3) is 12.3. The van der Waals surface area contributed by atoms with E-state index in [1.165, 1.54) is 0 Å². The molecular weight excluding hydrogens is 548 g/mol. The lowest BCUT2D eigenvalue weighted by Gasteiger charge is -2.38. The first-order valence-corrected chi connectivity index (χ1v) is 18.1. The number of hydrogen-bond donors (Lipinski definition) is 3. The molecule has 1 rings (SSSR count). The highest BCUT2D eigenvalue weighted by molar-refractivity contribution is 6.74. The van der Waals surface area contributed by atoms with Crippen LogP contribution in [-0.2, 0) is 26.6 Å². The highest BCUT2D eigenvalue weighted by Crippen LogP contribution is 2.30. The van der Waals surface area contributed by atoms with E-state index in [1.54, 1.807) is 0 Å². The SMILES string of the molecule is CC(C)O[Si](OC(C)C)(OC(C)C)c1nc(NCCN)nc(NCC(C)[Si](OC(C)C)(OC(C)C)OC(C)C)n1. The fourth-order valence-corrected chi connectivity index (χ4v) is 9.83. The Hall–Kier alpha value is -1.24. The number of nitrogens with two attached hydrogens (primary N) is 1. The summed E-state index contributed by atoms with van der Waals surface area (Å²) in [5, 5.41) is 6.54. The van der Waals surface area contributed by atoms with E-state index >= 15 is 0 Å². The summed E-state index contributed by atoms with van der Waals surface area (Å²) in [7, 11) is -6.68. The number of hydrogen-bond acceptors (Lipinski definition) is 12. The molecule has 0 saturated carbocycles. The minimum atomic E-state index is -3.56. The molecule has 0 aliphatic rings. The van der Waals surface area contributed by atoms with Crippen LogP contribution in [0.3, 0.4) is 0 Å². The zero-order valence-electron chi connectivity index (χ0n) is 27.0. The number of rotatable bonds is 20. The van der Waals surface area contributed by atoms with Gasteiger partial charge in [0.1, 0.15) is 0 Å². The van der Waals surface area contributed by atoms with E-state index < -0.39 is 17.6 Å². The van der Waals surface area contributed by atoms with Crippen molar-refractivity contribution in [1.29, 1.82) is 0 Å². The van der Waals surface area contributed by atoms with E-state index in [-0.39, 0.29) is 42.2 Å². The molecule has 1 heterocycles. The molecule has 0 spiro atoms. The van der Waals surface area contributed by atoms with Gasteiger partial charge in [-0.2, -0.15) is 15.0 Å². The van der Waals surface area contributed by atoms with Crippen molar-refractivity contribution >= 4 is 35.0 Å². The van der Waals surface area contributed by atoms with Gasteiger partial charge >= 0.3 is 17.6 Å². The predicted molar refractivity (Wildman–Crippen MR) is 164 cm³/mol. The lowest BCUT2D eigenvalue weighted by Crippen LogP contribution is -2.62. The zero-order chi connectivity index (χ0) is 30.7. The van der Waals surface area contributed by atoms with Crippen molar-refractivity contribution in [2.75, 3.05) is 30.3 Å². The Morgan fingerprint density at radius 3 is 1.30 bits per heavy atom. The second-order valence-electron chi connectivity index (χ2n) is 11.5. The molecule has 40 heavy (non-hydrogen) atoms. The summed E-state index contributed by atoms with van der Waals surface area (Å²) in [6.45, 7) is 27.0. The Labute approximate surface area is 244 Å². The van der Waals surface area contributed by atoms with Crippen molar-refractivity contribution in [3.05, 3.63) is 0 Å². The van der Waals surface area contributed by atoms with Gasteiger partial charge in [-0.3, -0.25) is 0 Å². The Morgan fingerprint density at radius 2 is 0.950 bits per heavy atom. The lowest BCUT2D eigenvalue weighted by atomic mass is 10.5. The van der Waals surface area contributed by atoms with Gasteiger partial charge in [0.25, 0.3) is 0 Å². The first-order chi connectivity index (χ1) is 18.5. The van der Waals surface area contributed by atoms with Crippen molar-refractivity contribution < 1.29 is 26.6 Å². The summed E-state index contributed by atoms with van der Waals surface area (Å²) in [4.78, 5) is 14.1. The van der Waals surface area contributed by atoms with E-state index in [9.17, 15) is 0 Å². The number of nitrogens with zero attached hydrogens (tertiary/aromatic N) is 3. The van der Waals surface area contributed by atoms with Gasteiger partial charge in [-0.25, -0.2) is 0 Å². The standard InChI is InChI=1S/C26H56N6O6Si2/c1-17(2)33-39(34-18(3)4,35-19(5)6)23(13)16-29-25-30-24(28-15-14-27)31-26(32-25)40(36-20(7)8,37-21(9)10)38-22(11)12/h17-23H,14-16,27H2,1-13H3,(H2,28,29,30,31,32). The number of anilines is 2. The van der Waals surface area contributed by atoms with E-state index in [2.05, 4.69) is 27.5 Å². The molecule has 12 nitrogen and oxygen atoms in total. The van der Waals surface area contributed by atoms with Gasteiger partial charge in [-0.05, 0) is 83.1 Å². The van der Waals surface area contributed by atoms with Crippen molar-refractivity contribution in [2.45, 2.75) is 132 Å². The van der Waals surface area contributed by atoms with Crippen LogP contribution in [0.15, 0.2) is 0 Å². The maximum Gasteiger partial charge on any atom is 0.577 e. The van der Waals surface area contributed by atoms with Crippen LogP contribution in [0.4, 0.5) is 11.9 Å². The van der Waals surface area contributed by atoms with Crippen molar-refractivity contribution in [3.63, 3.8) is 0 Å². The Bertz CT molecular complexity index is 810. The monoisotopic (exact) mass is 604 g/mol. The number of nitrogens with one attached hydrogen (secondary N) is 2. The van der Waals surface area contributed by atoms with Crippen LogP contribution in [0, 0.1) is 0 Å². The molecule has 4 N–H and O–H groups in total. The Kier molecular flexibility index (Phi) is 15.7. The van der Waals surface area contributed by atoms with E-state index in [1.807, 2.05) is 83.1 Å². The fourth-order valence-electron chi connectivity index (χ4n) is 3.81. The lowest BCUT2D eigenvalue weighted by molar-refractivity contribution is -0.00301. The Morgan fingerprint density at radius 1 is 0.575 bits per heavy atom. The average Bonchev–Trinajstić information content (AvgIpc) is 2.78. The molecule has 0 saturated heterocycles. The van der Waals surface area contributed by atoms with Gasteiger partial charge in [0.2, 0.25) is 17.3 Å². The highest BCUT2D eigenvalue weighted by Gasteiger charge is 2.52. The van der Waals surface area contributed by atoms with Crippen LogP contribution >= 0.6 is 0 Å². The van der Waals surface area contributed by atoms with Crippen molar-refractivity contribution in [1.82, 2.24) is 15.0 Å². The van der Waals surface area contributed by atoms with Crippen LogP contribution in [0.25, 0.3) is 0 Å². The third-order valence-corrected chi connectivity index (χ3v) is 11.8. The molecule has 14 heteroatoms. The molecular formula is C26H56N6O6Si2. The summed E-state index contributed by atoms with van der Waals surface area (Å²) < 4.78 is 38.4. The molecule has 1 unspecified atom stereocenters. The number of aromatic nitrogens is 3. The molecule has 1 atom stereocenters. The minimum Gasteiger partial charge on any atom is -0.371 e. The van der Waals surface area contributed by atoms with Crippen LogP contribution in [0.1, 0.15) is 90.0 Å². The minimum absolute atomic E-state index is 0.0661. The van der Waals surface area contributed by atoms with E-state index in [0.717, 1.165) is 0 Å². The van der Waals surface area contributed by atoms with Gasteiger partial charge < -0.3 is 42.9 Å². The molecule has 1 aromatic rings. The van der Waals surface area contributed by atoms with E-state index in [4.69, 9.17) is 37.3 Å². The van der Waals surface area contributed by atoms with Gasteiger partial charge in [0.15, 0.2) is 0 Å². The van der Waals surface area contributed by atoms with Crippen LogP contribution in [0.2, 0.25) is 5.54 Å². The summed E-state index contributed by atoms with van der Waals surface area (Å²) in [6, 6.07) is 0. The quantitative estimate of drug-likeness (QED) is 0.187. The second-order valence-corrected chi connectivity index (χ2v) is 16.6. The van der Waals surface area contributed by atoms with Gasteiger partial charge in [-0.15, -0.1) is 0 Å². The summed E-state index contributed by atoms with van der Waals surface area (Å²) in [5.41, 5.74) is 5.96. The van der Waals surface area contributed by atoms with E-state index in [0.29, 0.717) is 37.0 Å². The molecule has 0 bridgehead atoms. The van der Waals surface area contributed by atoms with Crippen LogP contribution in [-0.4, -0.2) is 88.8 Å². The maximum absolute atomic E-state index is 6.42. The first kappa shape index (κ1) is 36.8. The van der Waals surface area contributed by atoms with Crippen molar-refractivity contribution in [2.24, 2.45) is 5.73 Å². The van der Waals surface area contributed by atoms with Gasteiger partial charge in [-0.1, -0.05) is 6.92 Å². The smallest absolute Gasteiger partial charge is 0.371 e. The topological polar surface area (TPSA) is 144 Å². The Balaban J connectivity index is 3.56. The average molecular weight is 605 g/mol. The molecule has 0 fully saturated rings. The predicted octanol–water partition coefficient (Wildman–Crippen LogP) is 3.68. The molecule has 234 valence electrons. The molecule has 0 radical (unpaired) electrons. The molecule has 0 aliphatic heterocycles. The summed E-state index contributed by atoms with van der Waals surface area (Å²) in [5.74, 6) is 0.704. The third-order valence-electron chi connectivity index (χ3n) is 4.88. The summed E-state index contributed by atoms with van der Waals surface area (Å²) >= 11 is 0. The maximum atomic E-state index is 6.42. The van der Waals surface area contributed by atoms with Crippen LogP contribution < -0.4 is 21.8 Å². The highest BCUT2D eigenvalue weighted by atomic mass is 28.4. The second kappa shape index (κ2) is 17.0. The van der Waals surface area contributed by atoms with Gasteiger partial charge in [0.05, 0.1) is 0 Å². The normalized spacial score (nSPS) is 13.9.